The number of hydrogen-bond acceptors (Lipinski definition) is 2. The Kier molecular flexibility index (Phi) is 5.83. The van der Waals surface area contributed by atoms with E-state index in [-0.39, 0.29) is 5.41 Å². The molecule has 218 valence electrons. The highest BCUT2D eigenvalue weighted by atomic mass is 16.3. The summed E-state index contributed by atoms with van der Waals surface area (Å²) in [5.41, 5.74) is 16.0. The van der Waals surface area contributed by atoms with E-state index in [4.69, 9.17) is 4.42 Å². The third-order valence-electron chi connectivity index (χ3n) is 10.2. The monoisotopic (exact) mass is 581 g/mol. The van der Waals surface area contributed by atoms with Crippen molar-refractivity contribution in [2.75, 3.05) is 4.90 Å². The van der Waals surface area contributed by atoms with E-state index in [0.29, 0.717) is 0 Å². The summed E-state index contributed by atoms with van der Waals surface area (Å²) in [7, 11) is 0. The number of fused-ring (bicyclic) bond motifs is 7. The molecule has 0 N–H and O–H groups in total. The molecule has 9 rings (SSSR count). The minimum atomic E-state index is -0.122. The van der Waals surface area contributed by atoms with Crippen LogP contribution in [0.4, 0.5) is 17.1 Å². The lowest BCUT2D eigenvalue weighted by Crippen LogP contribution is -2.17. The van der Waals surface area contributed by atoms with Crippen molar-refractivity contribution in [3.8, 4) is 22.3 Å². The largest absolute Gasteiger partial charge is 0.454 e. The van der Waals surface area contributed by atoms with Crippen molar-refractivity contribution in [3.63, 3.8) is 0 Å². The zero-order valence-corrected chi connectivity index (χ0v) is 25.8. The van der Waals surface area contributed by atoms with Gasteiger partial charge in [0.1, 0.15) is 5.58 Å². The average molecular weight is 582 g/mol. The maximum Gasteiger partial charge on any atom is 0.159 e. The van der Waals surface area contributed by atoms with E-state index in [1.165, 1.54) is 69.5 Å². The van der Waals surface area contributed by atoms with E-state index in [1.54, 1.807) is 0 Å². The van der Waals surface area contributed by atoms with Crippen molar-refractivity contribution >= 4 is 39.0 Å². The van der Waals surface area contributed by atoms with Crippen LogP contribution in [0.1, 0.15) is 48.9 Å². The Labute approximate surface area is 264 Å². The zero-order chi connectivity index (χ0) is 30.1. The first kappa shape index (κ1) is 26.3. The van der Waals surface area contributed by atoms with Gasteiger partial charge in [-0.3, -0.25) is 0 Å². The van der Waals surface area contributed by atoms with Crippen molar-refractivity contribution in [1.82, 2.24) is 0 Å². The van der Waals surface area contributed by atoms with Crippen LogP contribution in [-0.2, 0) is 18.3 Å². The number of benzene rings is 6. The normalized spacial score (nSPS) is 14.7. The maximum atomic E-state index is 6.67. The number of aryl methyl sites for hydroxylation is 2. The van der Waals surface area contributed by atoms with Crippen LogP contribution in [0.25, 0.3) is 44.2 Å². The number of rotatable bonds is 4. The molecule has 0 spiro atoms. The van der Waals surface area contributed by atoms with Crippen molar-refractivity contribution < 1.29 is 4.42 Å². The Morgan fingerprint density at radius 2 is 1.31 bits per heavy atom. The van der Waals surface area contributed by atoms with Gasteiger partial charge in [0, 0.05) is 27.4 Å². The molecular weight excluding hydrogens is 546 g/mol. The lowest BCUT2D eigenvalue weighted by Gasteiger charge is -2.30. The van der Waals surface area contributed by atoms with Gasteiger partial charge < -0.3 is 9.32 Å². The van der Waals surface area contributed by atoms with E-state index in [9.17, 15) is 0 Å². The quantitative estimate of drug-likeness (QED) is 0.206. The summed E-state index contributed by atoms with van der Waals surface area (Å²) >= 11 is 0. The Morgan fingerprint density at radius 3 is 2.20 bits per heavy atom. The molecule has 0 amide bonds. The van der Waals surface area contributed by atoms with Gasteiger partial charge in [0.15, 0.2) is 5.58 Å². The van der Waals surface area contributed by atoms with E-state index >= 15 is 0 Å². The van der Waals surface area contributed by atoms with Crippen LogP contribution in [-0.4, -0.2) is 0 Å². The maximum absolute atomic E-state index is 6.67. The number of nitrogens with zero attached hydrogens (tertiary/aromatic N) is 1. The minimum absolute atomic E-state index is 0.122. The minimum Gasteiger partial charge on any atom is -0.454 e. The fraction of sp³-hybridized carbons (Fsp3) is 0.163. The second kappa shape index (κ2) is 9.97. The second-order valence-corrected chi connectivity index (χ2v) is 13.2. The van der Waals surface area contributed by atoms with Crippen molar-refractivity contribution in [2.45, 2.75) is 44.9 Å². The molecule has 0 atom stereocenters. The molecule has 0 saturated carbocycles. The highest BCUT2D eigenvalue weighted by Crippen LogP contribution is 2.54. The highest BCUT2D eigenvalue weighted by Gasteiger charge is 2.37. The van der Waals surface area contributed by atoms with Crippen LogP contribution in [0, 0.1) is 0 Å². The summed E-state index contributed by atoms with van der Waals surface area (Å²) in [5, 5.41) is 2.27. The molecule has 7 aromatic rings. The van der Waals surface area contributed by atoms with Gasteiger partial charge in [-0.2, -0.15) is 0 Å². The Bertz CT molecular complexity index is 2250. The van der Waals surface area contributed by atoms with Gasteiger partial charge in [-0.05, 0) is 101 Å². The Hall–Kier alpha value is -5.08. The van der Waals surface area contributed by atoms with Gasteiger partial charge in [-0.15, -0.1) is 0 Å². The summed E-state index contributed by atoms with van der Waals surface area (Å²) in [6, 6.07) is 46.8. The van der Waals surface area contributed by atoms with Gasteiger partial charge in [0.2, 0.25) is 0 Å². The number of anilines is 3. The molecule has 1 heterocycles. The predicted molar refractivity (Wildman–Crippen MR) is 188 cm³/mol. The molecule has 0 fully saturated rings. The van der Waals surface area contributed by atoms with Gasteiger partial charge >= 0.3 is 0 Å². The number of furan rings is 1. The van der Waals surface area contributed by atoms with Crippen LogP contribution in [0.5, 0.6) is 0 Å². The van der Waals surface area contributed by atoms with Crippen LogP contribution in [0.15, 0.2) is 132 Å². The molecule has 1 aromatic heterocycles. The molecule has 2 heteroatoms. The SMILES string of the molecule is CC1(C)c2ccccc2-c2cc(-c3ccc4c(c3)CCCC4)c(N(c3ccccc3)c3cccc4c3oc3ccccc34)cc21. The Balaban J connectivity index is 1.37. The molecular formula is C43H35NO. The summed E-state index contributed by atoms with van der Waals surface area (Å²) in [6.45, 7) is 4.74. The van der Waals surface area contributed by atoms with E-state index in [2.05, 4.69) is 140 Å². The van der Waals surface area contributed by atoms with Crippen LogP contribution >= 0.6 is 0 Å². The van der Waals surface area contributed by atoms with Crippen molar-refractivity contribution in [1.29, 1.82) is 0 Å². The molecule has 0 saturated heterocycles. The topological polar surface area (TPSA) is 16.4 Å². The first-order valence-corrected chi connectivity index (χ1v) is 16.2. The predicted octanol–water partition coefficient (Wildman–Crippen LogP) is 11.9. The summed E-state index contributed by atoms with van der Waals surface area (Å²) in [4.78, 5) is 2.43. The lowest BCUT2D eigenvalue weighted by molar-refractivity contribution is 0.660. The third-order valence-corrected chi connectivity index (χ3v) is 10.2. The van der Waals surface area contributed by atoms with Gasteiger partial charge in [-0.1, -0.05) is 105 Å². The van der Waals surface area contributed by atoms with Crippen LogP contribution in [0.3, 0.4) is 0 Å². The zero-order valence-electron chi connectivity index (χ0n) is 25.8. The standard InChI is InChI=1S/C43H35NO/c1-43(2)37-20-10-8-17-32(37)36-26-35(30-24-23-28-13-6-7-14-29(28)25-30)40(27-38(36)43)44(31-15-4-3-5-16-31)39-21-12-19-34-33-18-9-11-22-41(33)45-42(34)39/h3-5,8-12,15-27H,6-7,13-14H2,1-2H3. The molecule has 0 radical (unpaired) electrons. The molecule has 0 bridgehead atoms. The van der Waals surface area contributed by atoms with E-state index < -0.39 is 0 Å². The summed E-state index contributed by atoms with van der Waals surface area (Å²) in [6.07, 6.45) is 4.88. The molecule has 0 unspecified atom stereocenters. The van der Waals surface area contributed by atoms with Gasteiger partial charge in [0.05, 0.1) is 11.4 Å². The summed E-state index contributed by atoms with van der Waals surface area (Å²) in [5.74, 6) is 0. The van der Waals surface area contributed by atoms with Crippen molar-refractivity contribution in [2.24, 2.45) is 0 Å². The van der Waals surface area contributed by atoms with Gasteiger partial charge in [-0.25, -0.2) is 0 Å². The van der Waals surface area contributed by atoms with Crippen LogP contribution in [0.2, 0.25) is 0 Å². The van der Waals surface area contributed by atoms with Crippen molar-refractivity contribution in [3.05, 3.63) is 150 Å². The van der Waals surface area contributed by atoms with Gasteiger partial charge in [0.25, 0.3) is 0 Å². The lowest BCUT2D eigenvalue weighted by atomic mass is 9.81. The van der Waals surface area contributed by atoms with Crippen LogP contribution < -0.4 is 4.90 Å². The molecule has 0 aliphatic heterocycles. The average Bonchev–Trinajstić information content (AvgIpc) is 3.58. The smallest absolute Gasteiger partial charge is 0.159 e. The molecule has 2 nitrogen and oxygen atoms in total. The fourth-order valence-corrected chi connectivity index (χ4v) is 7.95. The second-order valence-electron chi connectivity index (χ2n) is 13.2. The highest BCUT2D eigenvalue weighted by molar-refractivity contribution is 6.11. The first-order chi connectivity index (χ1) is 22.1. The molecule has 2 aliphatic rings. The number of para-hydroxylation sites is 3. The molecule has 2 aliphatic carbocycles. The summed E-state index contributed by atoms with van der Waals surface area (Å²) < 4.78 is 6.67. The Morgan fingerprint density at radius 1 is 0.556 bits per heavy atom. The molecule has 6 aromatic carbocycles. The number of hydrogen-bond donors (Lipinski definition) is 0. The third kappa shape index (κ3) is 4.02. The van der Waals surface area contributed by atoms with E-state index in [0.717, 1.165) is 39.7 Å². The first-order valence-electron chi connectivity index (χ1n) is 16.2. The molecule has 45 heavy (non-hydrogen) atoms. The van der Waals surface area contributed by atoms with E-state index in [1.807, 2.05) is 6.07 Å². The fourth-order valence-electron chi connectivity index (χ4n) is 7.95.